The van der Waals surface area contributed by atoms with E-state index in [4.69, 9.17) is 4.99 Å². The number of nitrogens with zero attached hydrogens (tertiary/aromatic N) is 2. The average molecular weight is 250 g/mol. The van der Waals surface area contributed by atoms with Gasteiger partial charge in [0.25, 0.3) is 0 Å². The minimum absolute atomic E-state index is 0.0594. The monoisotopic (exact) mass is 250 g/mol. The van der Waals surface area contributed by atoms with Gasteiger partial charge in [-0.2, -0.15) is 0 Å². The maximum Gasteiger partial charge on any atom is 0.145 e. The molecule has 18 heavy (non-hydrogen) atoms. The maximum absolute atomic E-state index is 4.87. The summed E-state index contributed by atoms with van der Waals surface area (Å²) in [5, 5.41) is 0. The Morgan fingerprint density at radius 2 is 1.50 bits per heavy atom. The molecule has 1 atom stereocenters. The van der Waals surface area contributed by atoms with E-state index in [-0.39, 0.29) is 22.4 Å². The molecule has 0 radical (unpaired) electrons. The van der Waals surface area contributed by atoms with E-state index in [1.807, 2.05) is 6.21 Å². The van der Waals surface area contributed by atoms with Crippen molar-refractivity contribution >= 4 is 11.9 Å². The van der Waals surface area contributed by atoms with Crippen LogP contribution in [0.2, 0.25) is 0 Å². The first kappa shape index (κ1) is 15.4. The van der Waals surface area contributed by atoms with Crippen molar-refractivity contribution in [3.05, 3.63) is 0 Å². The molecule has 1 unspecified atom stereocenters. The third kappa shape index (κ3) is 2.53. The van der Waals surface area contributed by atoms with Gasteiger partial charge in [0.05, 0.1) is 5.71 Å². The molecule has 0 aromatic carbocycles. The van der Waals surface area contributed by atoms with E-state index in [0.29, 0.717) is 5.92 Å². The van der Waals surface area contributed by atoms with Gasteiger partial charge in [0.2, 0.25) is 0 Å². The summed E-state index contributed by atoms with van der Waals surface area (Å²) >= 11 is 0. The molecule has 2 nitrogen and oxygen atoms in total. The summed E-state index contributed by atoms with van der Waals surface area (Å²) in [6.45, 7) is 20.4. The Labute approximate surface area is 113 Å². The highest BCUT2D eigenvalue weighted by Crippen LogP contribution is 2.48. The second-order valence-corrected chi connectivity index (χ2v) is 8.01. The second-order valence-electron chi connectivity index (χ2n) is 8.01. The zero-order valence-electron chi connectivity index (χ0n) is 13.6. The number of rotatable bonds is 3. The molecule has 104 valence electrons. The van der Waals surface area contributed by atoms with E-state index in [0.717, 1.165) is 5.71 Å². The van der Waals surface area contributed by atoms with E-state index in [9.17, 15) is 0 Å². The predicted molar refractivity (Wildman–Crippen MR) is 81.6 cm³/mol. The smallest absolute Gasteiger partial charge is 0.145 e. The Balaban J connectivity index is 3.05. The molecule has 1 rings (SSSR count). The van der Waals surface area contributed by atoms with Gasteiger partial charge < -0.3 is 0 Å². The van der Waals surface area contributed by atoms with Gasteiger partial charge in [0.15, 0.2) is 0 Å². The quantitative estimate of drug-likeness (QED) is 0.700. The van der Waals surface area contributed by atoms with Crippen molar-refractivity contribution in [3.8, 4) is 0 Å². The largest absolute Gasteiger partial charge is 0.264 e. The van der Waals surface area contributed by atoms with Crippen molar-refractivity contribution in [2.24, 2.45) is 32.1 Å². The van der Waals surface area contributed by atoms with Gasteiger partial charge in [-0.15, -0.1) is 0 Å². The van der Waals surface area contributed by atoms with Crippen LogP contribution in [0.15, 0.2) is 9.98 Å². The highest BCUT2D eigenvalue weighted by atomic mass is 15.1. The normalized spacial score (nSPS) is 21.7. The molecule has 0 saturated heterocycles. The van der Waals surface area contributed by atoms with Crippen LogP contribution in [0.5, 0.6) is 0 Å². The van der Waals surface area contributed by atoms with E-state index in [2.05, 4.69) is 67.3 Å². The molecule has 0 aromatic heterocycles. The minimum atomic E-state index is 0.0594. The van der Waals surface area contributed by atoms with Crippen LogP contribution in [0.1, 0.15) is 62.3 Å². The Hall–Kier alpha value is -0.660. The Morgan fingerprint density at radius 3 is 1.83 bits per heavy atom. The molecule has 1 aliphatic heterocycles. The maximum atomic E-state index is 4.87. The van der Waals surface area contributed by atoms with Crippen LogP contribution in [0, 0.1) is 22.2 Å². The van der Waals surface area contributed by atoms with Crippen molar-refractivity contribution < 1.29 is 0 Å². The molecule has 0 bridgehead atoms. The van der Waals surface area contributed by atoms with Gasteiger partial charge in [-0.25, -0.2) is 0 Å². The molecule has 0 aromatic rings. The lowest BCUT2D eigenvalue weighted by molar-refractivity contribution is 0.0354. The van der Waals surface area contributed by atoms with Crippen LogP contribution in [0.25, 0.3) is 0 Å². The molecule has 0 amide bonds. The second kappa shape index (κ2) is 4.47. The molecule has 0 spiro atoms. The fourth-order valence-corrected chi connectivity index (χ4v) is 2.15. The van der Waals surface area contributed by atoms with Crippen molar-refractivity contribution in [2.75, 3.05) is 0 Å². The van der Waals surface area contributed by atoms with E-state index >= 15 is 0 Å². The number of aliphatic imine (C=N–C) groups is 2. The summed E-state index contributed by atoms with van der Waals surface area (Å²) in [5.74, 6) is 0.608. The SMILES string of the molecule is CC(C)C(C)(C)C(C)(C)C1N=CC(C(C)(C)C)=N1. The van der Waals surface area contributed by atoms with Gasteiger partial charge in [0, 0.05) is 17.0 Å². The molecular formula is C16H30N2. The van der Waals surface area contributed by atoms with Gasteiger partial charge in [-0.05, 0) is 11.3 Å². The predicted octanol–water partition coefficient (Wildman–Crippen LogP) is 4.59. The van der Waals surface area contributed by atoms with Crippen LogP contribution in [0.3, 0.4) is 0 Å². The molecule has 1 heterocycles. The van der Waals surface area contributed by atoms with Gasteiger partial charge in [0.1, 0.15) is 6.17 Å². The molecule has 0 saturated carbocycles. The van der Waals surface area contributed by atoms with Crippen LogP contribution < -0.4 is 0 Å². The third-order valence-electron chi connectivity index (χ3n) is 5.12. The van der Waals surface area contributed by atoms with Crippen molar-refractivity contribution in [1.29, 1.82) is 0 Å². The summed E-state index contributed by atoms with van der Waals surface area (Å²) in [6, 6.07) is 0. The van der Waals surface area contributed by atoms with E-state index in [1.54, 1.807) is 0 Å². The average Bonchev–Trinajstić information content (AvgIpc) is 2.65. The molecule has 0 N–H and O–H groups in total. The Bertz CT molecular complexity index is 365. The summed E-state index contributed by atoms with van der Waals surface area (Å²) in [5.41, 5.74) is 1.48. The van der Waals surface area contributed by atoms with Crippen LogP contribution in [-0.2, 0) is 0 Å². The van der Waals surface area contributed by atoms with Gasteiger partial charge >= 0.3 is 0 Å². The molecule has 0 fully saturated rings. The first-order chi connectivity index (χ1) is 7.90. The fraction of sp³-hybridized carbons (Fsp3) is 0.875. The highest BCUT2D eigenvalue weighted by Gasteiger charge is 2.46. The highest BCUT2D eigenvalue weighted by molar-refractivity contribution is 6.33. The number of hydrogen-bond donors (Lipinski definition) is 0. The topological polar surface area (TPSA) is 24.7 Å². The molecular weight excluding hydrogens is 220 g/mol. The third-order valence-corrected chi connectivity index (χ3v) is 5.12. The summed E-state index contributed by atoms with van der Waals surface area (Å²) in [6.07, 6.45) is 2.03. The minimum Gasteiger partial charge on any atom is -0.264 e. The fourth-order valence-electron chi connectivity index (χ4n) is 2.15. The summed E-state index contributed by atoms with van der Waals surface area (Å²) < 4.78 is 0. The lowest BCUT2D eigenvalue weighted by Crippen LogP contribution is -2.43. The summed E-state index contributed by atoms with van der Waals surface area (Å²) in [7, 11) is 0. The zero-order valence-corrected chi connectivity index (χ0v) is 13.6. The van der Waals surface area contributed by atoms with Crippen LogP contribution >= 0.6 is 0 Å². The molecule has 0 aliphatic carbocycles. The van der Waals surface area contributed by atoms with Gasteiger partial charge in [-0.1, -0.05) is 62.3 Å². The lowest BCUT2D eigenvalue weighted by atomic mass is 9.60. The van der Waals surface area contributed by atoms with Gasteiger partial charge in [-0.3, -0.25) is 9.98 Å². The Kier molecular flexibility index (Phi) is 3.82. The van der Waals surface area contributed by atoms with Crippen molar-refractivity contribution in [1.82, 2.24) is 0 Å². The summed E-state index contributed by atoms with van der Waals surface area (Å²) in [4.78, 5) is 9.55. The van der Waals surface area contributed by atoms with E-state index < -0.39 is 0 Å². The van der Waals surface area contributed by atoms with Crippen molar-refractivity contribution in [3.63, 3.8) is 0 Å². The van der Waals surface area contributed by atoms with Crippen LogP contribution in [-0.4, -0.2) is 18.1 Å². The zero-order chi connectivity index (χ0) is 14.4. The molecule has 2 heteroatoms. The Morgan fingerprint density at radius 1 is 1.00 bits per heavy atom. The van der Waals surface area contributed by atoms with E-state index in [1.165, 1.54) is 0 Å². The van der Waals surface area contributed by atoms with Crippen LogP contribution in [0.4, 0.5) is 0 Å². The number of hydrogen-bond acceptors (Lipinski definition) is 2. The first-order valence-corrected chi connectivity index (χ1v) is 7.02. The molecule has 1 aliphatic rings. The van der Waals surface area contributed by atoms with Crippen molar-refractivity contribution in [2.45, 2.75) is 68.5 Å². The first-order valence-electron chi connectivity index (χ1n) is 7.02. The lowest BCUT2D eigenvalue weighted by Gasteiger charge is -2.46. The standard InChI is InChI=1S/C16H30N2/c1-11(2)15(6,7)16(8,9)13-17-10-12(18-13)14(3,4)5/h10-11,13H,1-9H3.